The number of hydrogen-bond donors (Lipinski definition) is 0. The highest BCUT2D eigenvalue weighted by atomic mass is 32.7. The highest BCUT2D eigenvalue weighted by Crippen LogP contribution is 2.74. The minimum atomic E-state index is -5.19. The Balaban J connectivity index is 4.78. The minimum absolute atomic E-state index is 0.0694. The molecule has 0 amide bonds. The van der Waals surface area contributed by atoms with E-state index in [1.807, 2.05) is 0 Å². The van der Waals surface area contributed by atoms with Crippen LogP contribution in [0.4, 0.5) is 26.3 Å². The van der Waals surface area contributed by atoms with E-state index in [1.165, 1.54) is 20.8 Å². The third-order valence-corrected chi connectivity index (χ3v) is 5.91. The van der Waals surface area contributed by atoms with Crippen molar-refractivity contribution in [2.24, 2.45) is 0 Å². The molecule has 14 heavy (non-hydrogen) atoms. The fourth-order valence-corrected chi connectivity index (χ4v) is 3.83. The summed E-state index contributed by atoms with van der Waals surface area (Å²) in [7, 11) is -4.01. The van der Waals surface area contributed by atoms with Gasteiger partial charge >= 0.3 is 11.8 Å². The Hall–Kier alpha value is 0.360. The zero-order valence-electron chi connectivity index (χ0n) is 7.62. The molecule has 0 aromatic rings. The molecule has 0 fully saturated rings. The van der Waals surface area contributed by atoms with Crippen molar-refractivity contribution in [1.29, 1.82) is 0 Å². The molecule has 0 saturated carbocycles. The SMILES string of the molecule is CC(C)(C)SP(C(F)(F)F)C(F)(F)F. The van der Waals surface area contributed by atoms with Gasteiger partial charge in [0.05, 0.1) is 0 Å². The van der Waals surface area contributed by atoms with Crippen LogP contribution in [-0.4, -0.2) is 16.6 Å². The van der Waals surface area contributed by atoms with E-state index in [0.29, 0.717) is 0 Å². The average molecular weight is 258 g/mol. The topological polar surface area (TPSA) is 0 Å². The largest absolute Gasteiger partial charge is 0.423 e. The fourth-order valence-electron chi connectivity index (χ4n) is 0.521. The van der Waals surface area contributed by atoms with E-state index >= 15 is 0 Å². The smallest absolute Gasteiger partial charge is 0.166 e. The van der Waals surface area contributed by atoms with Gasteiger partial charge in [-0.2, -0.15) is 26.3 Å². The van der Waals surface area contributed by atoms with Crippen LogP contribution < -0.4 is 0 Å². The van der Waals surface area contributed by atoms with Crippen LogP contribution >= 0.6 is 18.5 Å². The summed E-state index contributed by atoms with van der Waals surface area (Å²) in [5, 5.41) is 0. The second-order valence-corrected chi connectivity index (χ2v) is 8.09. The molecule has 86 valence electrons. The minimum Gasteiger partial charge on any atom is -0.166 e. The lowest BCUT2D eigenvalue weighted by atomic mass is 10.3. The molecule has 8 heteroatoms. The van der Waals surface area contributed by atoms with Crippen molar-refractivity contribution >= 4 is 18.5 Å². The molecule has 0 aliphatic heterocycles. The van der Waals surface area contributed by atoms with Gasteiger partial charge in [-0.25, -0.2) is 0 Å². The molecule has 0 aliphatic rings. The van der Waals surface area contributed by atoms with Gasteiger partial charge in [0, 0.05) is 4.75 Å². The maximum atomic E-state index is 12.0. The number of hydrogen-bond acceptors (Lipinski definition) is 1. The van der Waals surface area contributed by atoms with E-state index in [0.717, 1.165) is 0 Å². The third-order valence-electron chi connectivity index (χ3n) is 0.826. The molecule has 0 rings (SSSR count). The van der Waals surface area contributed by atoms with Crippen LogP contribution in [0.1, 0.15) is 20.8 Å². The first-order chi connectivity index (χ1) is 5.84. The van der Waals surface area contributed by atoms with Crippen molar-refractivity contribution in [2.45, 2.75) is 37.4 Å². The Kier molecular flexibility index (Phi) is 4.19. The summed E-state index contributed by atoms with van der Waals surface area (Å²) in [6.07, 6.45) is 0. The molecule has 0 aromatic carbocycles. The van der Waals surface area contributed by atoms with E-state index < -0.39 is 23.7 Å². The van der Waals surface area contributed by atoms with Crippen LogP contribution in [0, 0.1) is 0 Å². The molecule has 0 N–H and O–H groups in total. The second kappa shape index (κ2) is 4.08. The van der Waals surface area contributed by atoms with Gasteiger partial charge in [-0.3, -0.25) is 0 Å². The van der Waals surface area contributed by atoms with Crippen LogP contribution in [0.3, 0.4) is 0 Å². The van der Waals surface area contributed by atoms with Crippen LogP contribution in [0.15, 0.2) is 0 Å². The molecule has 0 nitrogen and oxygen atoms in total. The van der Waals surface area contributed by atoms with Crippen molar-refractivity contribution < 1.29 is 26.3 Å². The maximum Gasteiger partial charge on any atom is 0.423 e. The van der Waals surface area contributed by atoms with Crippen molar-refractivity contribution in [3.63, 3.8) is 0 Å². The van der Waals surface area contributed by atoms with Crippen molar-refractivity contribution in [3.8, 4) is 0 Å². The van der Waals surface area contributed by atoms with Gasteiger partial charge < -0.3 is 0 Å². The first-order valence-electron chi connectivity index (χ1n) is 3.47. The predicted octanol–water partition coefficient (Wildman–Crippen LogP) is 4.95. The summed E-state index contributed by atoms with van der Waals surface area (Å²) in [6, 6.07) is 0. The maximum absolute atomic E-state index is 12.0. The summed E-state index contributed by atoms with van der Waals surface area (Å²) < 4.78 is 71.1. The Morgan fingerprint density at radius 2 is 1.07 bits per heavy atom. The summed E-state index contributed by atoms with van der Waals surface area (Å²) in [4.78, 5) is 0. The molecule has 0 spiro atoms. The highest BCUT2D eigenvalue weighted by molar-refractivity contribution is 8.56. The van der Waals surface area contributed by atoms with E-state index in [2.05, 4.69) is 0 Å². The zero-order valence-corrected chi connectivity index (χ0v) is 9.33. The number of halogens is 6. The number of rotatable bonds is 1. The lowest BCUT2D eigenvalue weighted by Gasteiger charge is -2.28. The Morgan fingerprint density at radius 1 is 0.786 bits per heavy atom. The standard InChI is InChI=1S/C6H9F6PS/c1-4(2,3)14-13(5(7,8)9)6(10,11)12/h1-3H3. The van der Waals surface area contributed by atoms with Crippen LogP contribution in [0.25, 0.3) is 0 Å². The molecular formula is C6H9F6PS. The van der Waals surface area contributed by atoms with Gasteiger partial charge in [-0.1, -0.05) is 20.8 Å². The van der Waals surface area contributed by atoms with Gasteiger partial charge in [0.1, 0.15) is 0 Å². The van der Waals surface area contributed by atoms with E-state index in [-0.39, 0.29) is 11.4 Å². The fraction of sp³-hybridized carbons (Fsp3) is 1.00. The van der Waals surface area contributed by atoms with Crippen molar-refractivity contribution in [2.75, 3.05) is 0 Å². The zero-order chi connectivity index (χ0) is 11.8. The van der Waals surface area contributed by atoms with Crippen molar-refractivity contribution in [1.82, 2.24) is 0 Å². The summed E-state index contributed by atoms with van der Waals surface area (Å²) >= 11 is -0.0694. The van der Waals surface area contributed by atoms with Crippen LogP contribution in [-0.2, 0) is 0 Å². The van der Waals surface area contributed by atoms with Gasteiger partial charge in [-0.05, 0) is 0 Å². The van der Waals surface area contributed by atoms with E-state index in [9.17, 15) is 26.3 Å². The first kappa shape index (κ1) is 14.4. The van der Waals surface area contributed by atoms with Crippen LogP contribution in [0.2, 0.25) is 0 Å². The number of alkyl halides is 6. The van der Waals surface area contributed by atoms with E-state index in [1.54, 1.807) is 0 Å². The predicted molar refractivity (Wildman–Crippen MR) is 46.4 cm³/mol. The van der Waals surface area contributed by atoms with E-state index in [4.69, 9.17) is 0 Å². The molecule has 0 aromatic heterocycles. The first-order valence-corrected chi connectivity index (χ1v) is 6.23. The quantitative estimate of drug-likeness (QED) is 0.473. The molecule has 0 aliphatic carbocycles. The van der Waals surface area contributed by atoms with Crippen LogP contribution in [0.5, 0.6) is 0 Å². The molecule has 0 heterocycles. The Bertz CT molecular complexity index is 176. The monoisotopic (exact) mass is 258 g/mol. The summed E-state index contributed by atoms with van der Waals surface area (Å²) in [6.45, 7) is 3.97. The summed E-state index contributed by atoms with van der Waals surface area (Å²) in [5.74, 6) is -10.4. The van der Waals surface area contributed by atoms with Gasteiger partial charge in [-0.15, -0.1) is 11.4 Å². The Labute approximate surface area is 82.9 Å². The molecule has 0 atom stereocenters. The lowest BCUT2D eigenvalue weighted by molar-refractivity contribution is -0.0794. The van der Waals surface area contributed by atoms with Gasteiger partial charge in [0.15, 0.2) is 7.12 Å². The molecule has 0 radical (unpaired) electrons. The average Bonchev–Trinajstić information content (AvgIpc) is 1.75. The highest BCUT2D eigenvalue weighted by Gasteiger charge is 2.58. The lowest BCUT2D eigenvalue weighted by Crippen LogP contribution is -2.20. The second-order valence-electron chi connectivity index (χ2n) is 3.43. The molecule has 0 bridgehead atoms. The molecular weight excluding hydrogens is 249 g/mol. The Morgan fingerprint density at radius 3 is 1.14 bits per heavy atom. The van der Waals surface area contributed by atoms with Crippen molar-refractivity contribution in [3.05, 3.63) is 0 Å². The summed E-state index contributed by atoms with van der Waals surface area (Å²) in [5.41, 5.74) is 0. The normalized spacial score (nSPS) is 15.0. The molecule has 0 saturated heterocycles. The van der Waals surface area contributed by atoms with Gasteiger partial charge in [0.2, 0.25) is 0 Å². The molecule has 0 unspecified atom stereocenters. The van der Waals surface area contributed by atoms with Gasteiger partial charge in [0.25, 0.3) is 0 Å². The third kappa shape index (κ3) is 5.29.